The molecule has 0 bridgehead atoms. The fourth-order valence-corrected chi connectivity index (χ4v) is 4.29. The van der Waals surface area contributed by atoms with E-state index in [0.717, 1.165) is 11.0 Å². The molecule has 0 radical (unpaired) electrons. The number of nitrogens with one attached hydrogen (secondary N) is 1. The minimum atomic E-state index is -3.40. The first-order chi connectivity index (χ1) is 11.4. The zero-order chi connectivity index (χ0) is 16.9. The van der Waals surface area contributed by atoms with Gasteiger partial charge in [-0.05, 0) is 53.8 Å². The van der Waals surface area contributed by atoms with E-state index in [2.05, 4.69) is 5.32 Å². The van der Waals surface area contributed by atoms with Gasteiger partial charge in [-0.2, -0.15) is 0 Å². The first-order valence-electron chi connectivity index (χ1n) is 7.57. The maximum Gasteiger partial charge on any atom is 0.228 e. The van der Waals surface area contributed by atoms with Crippen LogP contribution in [0.15, 0.2) is 52.8 Å². The molecule has 1 amide bonds. The molecule has 1 aliphatic heterocycles. The predicted molar refractivity (Wildman–Crippen MR) is 88.5 cm³/mol. The van der Waals surface area contributed by atoms with Crippen molar-refractivity contribution in [2.75, 3.05) is 5.32 Å². The Bertz CT molecular complexity index is 982. The number of benzene rings is 2. The molecule has 6 heteroatoms. The van der Waals surface area contributed by atoms with Gasteiger partial charge < -0.3 is 5.32 Å². The molecule has 1 heterocycles. The quantitative estimate of drug-likeness (QED) is 0.930. The summed E-state index contributed by atoms with van der Waals surface area (Å²) in [5.41, 5.74) is 1.89. The van der Waals surface area contributed by atoms with Crippen molar-refractivity contribution in [3.63, 3.8) is 0 Å². The van der Waals surface area contributed by atoms with E-state index in [0.29, 0.717) is 17.7 Å². The number of anilines is 1. The number of carbonyl (C=O) groups excluding carboxylic acids is 1. The molecule has 0 unspecified atom stereocenters. The van der Waals surface area contributed by atoms with Gasteiger partial charge in [0.15, 0.2) is 0 Å². The van der Waals surface area contributed by atoms with Gasteiger partial charge in [0.2, 0.25) is 15.7 Å². The molecule has 4 nitrogen and oxygen atoms in total. The third kappa shape index (κ3) is 2.63. The van der Waals surface area contributed by atoms with Gasteiger partial charge in [-0.25, -0.2) is 12.8 Å². The number of rotatable bonds is 3. The van der Waals surface area contributed by atoms with Gasteiger partial charge in [0.05, 0.1) is 4.90 Å². The van der Waals surface area contributed by atoms with E-state index in [1.807, 2.05) is 6.07 Å². The lowest BCUT2D eigenvalue weighted by atomic mass is 10.1. The Morgan fingerprint density at radius 1 is 1.17 bits per heavy atom. The third-order valence-corrected chi connectivity index (χ3v) is 5.88. The first-order valence-corrected chi connectivity index (χ1v) is 9.12. The highest BCUT2D eigenvalue weighted by Gasteiger charge is 2.44. The molecule has 2 aromatic rings. The number of halogens is 1. The fraction of sp³-hybridized carbons (Fsp3) is 0.167. The van der Waals surface area contributed by atoms with Crippen LogP contribution in [0.1, 0.15) is 23.5 Å². The zero-order valence-electron chi connectivity index (χ0n) is 12.6. The standard InChI is InChI=1S/C18H14FNO3S/c19-13-3-1-2-12(8-13)15-10-16(15)18(21)20-14-5-4-11-6-7-24(22,23)17(11)9-14/h1-9,15-16H,10H2,(H,20,21)/t15-,16+/m0/s1. The summed E-state index contributed by atoms with van der Waals surface area (Å²) in [6.45, 7) is 0. The number of carbonyl (C=O) groups is 1. The lowest BCUT2D eigenvalue weighted by Crippen LogP contribution is -2.15. The van der Waals surface area contributed by atoms with E-state index in [1.54, 1.807) is 18.2 Å². The molecule has 2 aliphatic rings. The van der Waals surface area contributed by atoms with E-state index >= 15 is 0 Å². The number of amides is 1. The molecule has 1 fully saturated rings. The summed E-state index contributed by atoms with van der Waals surface area (Å²) in [4.78, 5) is 12.5. The van der Waals surface area contributed by atoms with Crippen molar-refractivity contribution in [1.82, 2.24) is 0 Å². The maximum atomic E-state index is 13.3. The molecular weight excluding hydrogens is 329 g/mol. The number of sulfone groups is 1. The predicted octanol–water partition coefficient (Wildman–Crippen LogP) is 3.33. The molecule has 122 valence electrons. The van der Waals surface area contributed by atoms with Crippen LogP contribution in [0.25, 0.3) is 6.08 Å². The van der Waals surface area contributed by atoms with E-state index in [4.69, 9.17) is 0 Å². The minimum absolute atomic E-state index is 0.0144. The summed E-state index contributed by atoms with van der Waals surface area (Å²) in [7, 11) is -3.40. The molecule has 24 heavy (non-hydrogen) atoms. The van der Waals surface area contributed by atoms with E-state index in [1.165, 1.54) is 24.3 Å². The van der Waals surface area contributed by atoms with Gasteiger partial charge in [-0.3, -0.25) is 4.79 Å². The second-order valence-corrected chi connectivity index (χ2v) is 7.90. The molecule has 0 spiro atoms. The SMILES string of the molecule is O=C(Nc1ccc2c(c1)S(=O)(=O)C=C2)[C@@H]1C[C@H]1c1cccc(F)c1. The molecule has 4 rings (SSSR count). The molecule has 2 aromatic carbocycles. The summed E-state index contributed by atoms with van der Waals surface area (Å²) in [5.74, 6) is -0.683. The number of fused-ring (bicyclic) bond motifs is 1. The van der Waals surface area contributed by atoms with Crippen LogP contribution in [0.5, 0.6) is 0 Å². The van der Waals surface area contributed by atoms with Crippen molar-refractivity contribution in [3.05, 3.63) is 64.8 Å². The van der Waals surface area contributed by atoms with Crippen molar-refractivity contribution in [1.29, 1.82) is 0 Å². The highest BCUT2D eigenvalue weighted by molar-refractivity contribution is 7.94. The minimum Gasteiger partial charge on any atom is -0.326 e. The Labute approximate surface area is 138 Å². The van der Waals surface area contributed by atoms with Crippen LogP contribution in [-0.2, 0) is 14.6 Å². The Morgan fingerprint density at radius 2 is 2.00 bits per heavy atom. The van der Waals surface area contributed by atoms with Crippen LogP contribution >= 0.6 is 0 Å². The van der Waals surface area contributed by atoms with Crippen LogP contribution in [0.3, 0.4) is 0 Å². The van der Waals surface area contributed by atoms with Gasteiger partial charge in [0.25, 0.3) is 0 Å². The highest BCUT2D eigenvalue weighted by atomic mass is 32.2. The number of hydrogen-bond donors (Lipinski definition) is 1. The second kappa shape index (κ2) is 5.27. The van der Waals surface area contributed by atoms with Crippen LogP contribution in [0.2, 0.25) is 0 Å². The molecule has 1 N–H and O–H groups in total. The van der Waals surface area contributed by atoms with Crippen molar-refractivity contribution < 1.29 is 17.6 Å². The average Bonchev–Trinajstić information content (AvgIpc) is 3.29. The molecule has 0 saturated heterocycles. The molecule has 0 aromatic heterocycles. The monoisotopic (exact) mass is 343 g/mol. The van der Waals surface area contributed by atoms with Crippen molar-refractivity contribution in [3.8, 4) is 0 Å². The Balaban J connectivity index is 1.49. The lowest BCUT2D eigenvalue weighted by Gasteiger charge is -2.07. The van der Waals surface area contributed by atoms with Crippen molar-refractivity contribution in [2.24, 2.45) is 5.92 Å². The molecular formula is C18H14FNO3S. The Hall–Kier alpha value is -2.47. The summed E-state index contributed by atoms with van der Waals surface area (Å²) in [6.07, 6.45) is 2.21. The van der Waals surface area contributed by atoms with Crippen LogP contribution in [-0.4, -0.2) is 14.3 Å². The summed E-state index contributed by atoms with van der Waals surface area (Å²) < 4.78 is 37.0. The van der Waals surface area contributed by atoms with Crippen LogP contribution < -0.4 is 5.32 Å². The van der Waals surface area contributed by atoms with Crippen molar-refractivity contribution in [2.45, 2.75) is 17.2 Å². The zero-order valence-corrected chi connectivity index (χ0v) is 13.4. The Kier molecular flexibility index (Phi) is 3.31. The Morgan fingerprint density at radius 3 is 2.79 bits per heavy atom. The van der Waals surface area contributed by atoms with Crippen molar-refractivity contribution >= 4 is 27.5 Å². The average molecular weight is 343 g/mol. The molecule has 2 atom stereocenters. The lowest BCUT2D eigenvalue weighted by molar-refractivity contribution is -0.117. The smallest absolute Gasteiger partial charge is 0.228 e. The summed E-state index contributed by atoms with van der Waals surface area (Å²) in [5, 5.41) is 3.92. The summed E-state index contributed by atoms with van der Waals surface area (Å²) in [6, 6.07) is 11.1. The number of hydrogen-bond acceptors (Lipinski definition) is 3. The largest absolute Gasteiger partial charge is 0.326 e. The topological polar surface area (TPSA) is 63.2 Å². The van der Waals surface area contributed by atoms with Gasteiger partial charge in [0.1, 0.15) is 5.82 Å². The molecule has 1 saturated carbocycles. The van der Waals surface area contributed by atoms with E-state index < -0.39 is 9.84 Å². The van der Waals surface area contributed by atoms with Gasteiger partial charge in [-0.1, -0.05) is 18.2 Å². The van der Waals surface area contributed by atoms with E-state index in [-0.39, 0.29) is 28.5 Å². The van der Waals surface area contributed by atoms with Gasteiger partial charge in [-0.15, -0.1) is 0 Å². The maximum absolute atomic E-state index is 13.3. The van der Waals surface area contributed by atoms with E-state index in [9.17, 15) is 17.6 Å². The molecule has 1 aliphatic carbocycles. The second-order valence-electron chi connectivity index (χ2n) is 6.09. The third-order valence-electron chi connectivity index (χ3n) is 4.42. The fourth-order valence-electron chi connectivity index (χ4n) is 3.06. The van der Waals surface area contributed by atoms with Crippen LogP contribution in [0, 0.1) is 11.7 Å². The first kappa shape index (κ1) is 15.1. The summed E-state index contributed by atoms with van der Waals surface area (Å²) >= 11 is 0. The highest BCUT2D eigenvalue weighted by Crippen LogP contribution is 2.48. The van der Waals surface area contributed by atoms with Crippen LogP contribution in [0.4, 0.5) is 10.1 Å². The normalized spacial score (nSPS) is 22.9. The van der Waals surface area contributed by atoms with Gasteiger partial charge >= 0.3 is 0 Å². The van der Waals surface area contributed by atoms with Gasteiger partial charge in [0, 0.05) is 17.0 Å².